The van der Waals surface area contributed by atoms with E-state index in [0.717, 1.165) is 17.0 Å². The van der Waals surface area contributed by atoms with E-state index < -0.39 is 0 Å². The van der Waals surface area contributed by atoms with Crippen LogP contribution in [-0.4, -0.2) is 30.9 Å². The van der Waals surface area contributed by atoms with E-state index in [9.17, 15) is 0 Å². The summed E-state index contributed by atoms with van der Waals surface area (Å²) in [5.74, 6) is 2.56. The van der Waals surface area contributed by atoms with Crippen molar-refractivity contribution in [3.63, 3.8) is 0 Å². The summed E-state index contributed by atoms with van der Waals surface area (Å²) in [5, 5.41) is 9.11. The second-order valence-electron chi connectivity index (χ2n) is 5.60. The van der Waals surface area contributed by atoms with Crippen molar-refractivity contribution in [2.45, 2.75) is 6.54 Å². The summed E-state index contributed by atoms with van der Waals surface area (Å²) in [6.07, 6.45) is 3.64. The van der Waals surface area contributed by atoms with Crippen molar-refractivity contribution in [3.8, 4) is 34.7 Å². The van der Waals surface area contributed by atoms with Crippen LogP contribution in [0, 0.1) is 11.3 Å². The number of ether oxygens (including phenoxy) is 3. The Morgan fingerprint density at radius 3 is 2.38 bits per heavy atom. The van der Waals surface area contributed by atoms with Gasteiger partial charge in [0.25, 0.3) is 0 Å². The van der Waals surface area contributed by atoms with Gasteiger partial charge in [0.1, 0.15) is 5.82 Å². The molecule has 3 rings (SSSR count). The minimum atomic E-state index is 0.561. The summed E-state index contributed by atoms with van der Waals surface area (Å²) in [5.41, 5.74) is 2.47. The van der Waals surface area contributed by atoms with Crippen LogP contribution in [0.2, 0.25) is 0 Å². The molecule has 0 unspecified atom stereocenters. The van der Waals surface area contributed by atoms with Crippen LogP contribution in [0.3, 0.4) is 0 Å². The normalized spacial score (nSPS) is 10.2. The molecule has 1 heterocycles. The van der Waals surface area contributed by atoms with Gasteiger partial charge in [0.05, 0.1) is 33.0 Å². The Morgan fingerprint density at radius 1 is 1.04 bits per heavy atom. The maximum Gasteiger partial charge on any atom is 0.203 e. The number of benzene rings is 2. The number of imidazole rings is 1. The highest BCUT2D eigenvalue weighted by molar-refractivity contribution is 5.59. The fourth-order valence-corrected chi connectivity index (χ4v) is 2.85. The quantitative estimate of drug-likeness (QED) is 0.681. The van der Waals surface area contributed by atoms with Gasteiger partial charge in [0.2, 0.25) is 5.75 Å². The Kier molecular flexibility index (Phi) is 5.09. The Bertz CT molecular complexity index is 932. The van der Waals surface area contributed by atoms with Gasteiger partial charge in [0.15, 0.2) is 11.5 Å². The molecule has 26 heavy (non-hydrogen) atoms. The first-order valence-electron chi connectivity index (χ1n) is 8.00. The fourth-order valence-electron chi connectivity index (χ4n) is 2.85. The van der Waals surface area contributed by atoms with E-state index in [1.807, 2.05) is 41.1 Å². The Hall–Kier alpha value is -3.46. The number of hydrogen-bond acceptors (Lipinski definition) is 5. The smallest absolute Gasteiger partial charge is 0.203 e. The van der Waals surface area contributed by atoms with E-state index in [0.29, 0.717) is 29.4 Å². The highest BCUT2D eigenvalue weighted by Gasteiger charge is 2.14. The zero-order chi connectivity index (χ0) is 18.5. The summed E-state index contributed by atoms with van der Waals surface area (Å²) in [6.45, 7) is 0.572. The van der Waals surface area contributed by atoms with Crippen LogP contribution in [0.5, 0.6) is 17.2 Å². The lowest BCUT2D eigenvalue weighted by molar-refractivity contribution is 0.323. The molecule has 1 aromatic heterocycles. The van der Waals surface area contributed by atoms with Crippen LogP contribution in [-0.2, 0) is 6.54 Å². The average Bonchev–Trinajstić information content (AvgIpc) is 3.15. The van der Waals surface area contributed by atoms with Crippen LogP contribution in [0.25, 0.3) is 11.4 Å². The highest BCUT2D eigenvalue weighted by Crippen LogP contribution is 2.38. The van der Waals surface area contributed by atoms with Crippen molar-refractivity contribution in [3.05, 3.63) is 59.9 Å². The van der Waals surface area contributed by atoms with Crippen molar-refractivity contribution in [1.82, 2.24) is 9.55 Å². The van der Waals surface area contributed by atoms with Gasteiger partial charge in [-0.25, -0.2) is 4.98 Å². The van der Waals surface area contributed by atoms with Gasteiger partial charge in [-0.1, -0.05) is 12.1 Å². The van der Waals surface area contributed by atoms with Gasteiger partial charge in [-0.05, 0) is 29.8 Å². The molecule has 0 aliphatic rings. The molecule has 0 fully saturated rings. The summed E-state index contributed by atoms with van der Waals surface area (Å²) in [7, 11) is 4.77. The molecule has 0 spiro atoms. The first-order valence-corrected chi connectivity index (χ1v) is 8.00. The van der Waals surface area contributed by atoms with Crippen LogP contribution in [0.1, 0.15) is 11.1 Å². The Balaban J connectivity index is 1.98. The van der Waals surface area contributed by atoms with E-state index in [1.165, 1.54) is 0 Å². The zero-order valence-corrected chi connectivity index (χ0v) is 14.9. The van der Waals surface area contributed by atoms with Gasteiger partial charge < -0.3 is 18.8 Å². The topological polar surface area (TPSA) is 69.3 Å². The maximum atomic E-state index is 9.11. The van der Waals surface area contributed by atoms with Gasteiger partial charge in [-0.3, -0.25) is 0 Å². The van der Waals surface area contributed by atoms with E-state index in [2.05, 4.69) is 11.1 Å². The molecule has 132 valence electrons. The van der Waals surface area contributed by atoms with Crippen molar-refractivity contribution >= 4 is 0 Å². The largest absolute Gasteiger partial charge is 0.493 e. The molecular weight excluding hydrogens is 330 g/mol. The van der Waals surface area contributed by atoms with Crippen molar-refractivity contribution in [2.75, 3.05) is 21.3 Å². The first-order chi connectivity index (χ1) is 12.7. The van der Waals surface area contributed by atoms with E-state index in [4.69, 9.17) is 19.5 Å². The molecule has 0 saturated carbocycles. The predicted octanol–water partition coefficient (Wildman–Crippen LogP) is 3.50. The maximum absolute atomic E-state index is 9.11. The second kappa shape index (κ2) is 7.62. The number of methoxy groups -OCH3 is 3. The molecule has 3 aromatic rings. The van der Waals surface area contributed by atoms with Crippen LogP contribution >= 0.6 is 0 Å². The molecular formula is C20H19N3O3. The van der Waals surface area contributed by atoms with Crippen molar-refractivity contribution < 1.29 is 14.2 Å². The average molecular weight is 349 g/mol. The third-order valence-electron chi connectivity index (χ3n) is 4.04. The molecule has 6 nitrogen and oxygen atoms in total. The zero-order valence-electron chi connectivity index (χ0n) is 14.9. The molecule has 0 N–H and O–H groups in total. The van der Waals surface area contributed by atoms with Gasteiger partial charge >= 0.3 is 0 Å². The third-order valence-corrected chi connectivity index (χ3v) is 4.04. The van der Waals surface area contributed by atoms with Crippen molar-refractivity contribution in [1.29, 1.82) is 5.26 Å². The van der Waals surface area contributed by atoms with Gasteiger partial charge in [0, 0.05) is 24.5 Å². The Labute approximate surface area is 152 Å². The molecule has 6 heteroatoms. The lowest BCUT2D eigenvalue weighted by Crippen LogP contribution is -2.03. The lowest BCUT2D eigenvalue weighted by Gasteiger charge is -2.15. The fraction of sp³-hybridized carbons (Fsp3) is 0.200. The van der Waals surface area contributed by atoms with Gasteiger partial charge in [-0.2, -0.15) is 5.26 Å². The molecule has 2 aromatic carbocycles. The second-order valence-corrected chi connectivity index (χ2v) is 5.60. The Morgan fingerprint density at radius 2 is 1.77 bits per heavy atom. The molecule has 0 radical (unpaired) electrons. The standard InChI is InChI=1S/C20H19N3O3/c1-24-17-10-15(11-18(25-2)19(17)26-3)13-23-8-7-22-20(23)16-6-4-5-14(9-16)12-21/h4-11H,13H2,1-3H3. The monoisotopic (exact) mass is 349 g/mol. The predicted molar refractivity (Wildman–Crippen MR) is 97.6 cm³/mol. The molecule has 0 bridgehead atoms. The molecule has 0 aliphatic heterocycles. The molecule has 0 aliphatic carbocycles. The summed E-state index contributed by atoms with van der Waals surface area (Å²) >= 11 is 0. The molecule has 0 atom stereocenters. The van der Waals surface area contributed by atoms with E-state index in [-0.39, 0.29) is 0 Å². The minimum absolute atomic E-state index is 0.561. The SMILES string of the molecule is COc1cc(Cn2ccnc2-c2cccc(C#N)c2)cc(OC)c1OC. The number of hydrogen-bond donors (Lipinski definition) is 0. The third kappa shape index (κ3) is 3.33. The number of nitriles is 1. The first kappa shape index (κ1) is 17.4. The number of rotatable bonds is 6. The van der Waals surface area contributed by atoms with Gasteiger partial charge in [-0.15, -0.1) is 0 Å². The summed E-state index contributed by atoms with van der Waals surface area (Å²) in [6, 6.07) is 13.4. The van der Waals surface area contributed by atoms with E-state index >= 15 is 0 Å². The summed E-state index contributed by atoms with van der Waals surface area (Å²) < 4.78 is 18.2. The van der Waals surface area contributed by atoms with Crippen LogP contribution < -0.4 is 14.2 Å². The van der Waals surface area contributed by atoms with Crippen LogP contribution in [0.15, 0.2) is 48.8 Å². The number of aromatic nitrogens is 2. The lowest BCUT2D eigenvalue weighted by atomic mass is 10.1. The van der Waals surface area contributed by atoms with Crippen molar-refractivity contribution in [2.24, 2.45) is 0 Å². The van der Waals surface area contributed by atoms with E-state index in [1.54, 1.807) is 33.6 Å². The highest BCUT2D eigenvalue weighted by atomic mass is 16.5. The summed E-state index contributed by atoms with van der Waals surface area (Å²) in [4.78, 5) is 4.44. The van der Waals surface area contributed by atoms with Crippen LogP contribution in [0.4, 0.5) is 0 Å². The minimum Gasteiger partial charge on any atom is -0.493 e. The molecule has 0 saturated heterocycles. The molecule has 0 amide bonds. The number of nitrogens with zero attached hydrogens (tertiary/aromatic N) is 3.